The van der Waals surface area contributed by atoms with Crippen LogP contribution in [0.25, 0.3) is 5.95 Å². The summed E-state index contributed by atoms with van der Waals surface area (Å²) >= 11 is 0. The molecule has 2 aliphatic rings. The number of nitrogen functional groups attached to an aromatic ring is 1. The highest BCUT2D eigenvalue weighted by Gasteiger charge is 2.29. The molecule has 0 amide bonds. The van der Waals surface area contributed by atoms with Gasteiger partial charge in [0.1, 0.15) is 12.4 Å². The Balaban J connectivity index is 1.23. The van der Waals surface area contributed by atoms with E-state index in [0.717, 1.165) is 49.5 Å². The molecule has 186 valence electrons. The van der Waals surface area contributed by atoms with E-state index in [-0.39, 0.29) is 11.5 Å². The number of benzene rings is 1. The SMILES string of the molecule is CC(C)(COc1ccc(Nc2nc(N)n(-c3ncc4c(n3)CCCCCC4)n2)cc1)N1CCCC1. The third-order valence-electron chi connectivity index (χ3n) is 7.04. The predicted molar refractivity (Wildman–Crippen MR) is 137 cm³/mol. The van der Waals surface area contributed by atoms with Crippen LogP contribution in [0.15, 0.2) is 30.5 Å². The van der Waals surface area contributed by atoms with Gasteiger partial charge in [0.2, 0.25) is 11.9 Å². The smallest absolute Gasteiger partial charge is 0.254 e. The summed E-state index contributed by atoms with van der Waals surface area (Å²) in [5.41, 5.74) is 9.37. The largest absolute Gasteiger partial charge is 0.492 e. The molecule has 1 aliphatic heterocycles. The molecular weight excluding hydrogens is 440 g/mol. The van der Waals surface area contributed by atoms with Crippen LogP contribution in [0.1, 0.15) is 63.6 Å². The van der Waals surface area contributed by atoms with Crippen LogP contribution in [0.2, 0.25) is 0 Å². The van der Waals surface area contributed by atoms with Crippen molar-refractivity contribution in [3.05, 3.63) is 41.7 Å². The fourth-order valence-electron chi connectivity index (χ4n) is 4.88. The first kappa shape index (κ1) is 23.5. The number of hydrogen-bond acceptors (Lipinski definition) is 8. The monoisotopic (exact) mass is 476 g/mol. The first-order valence-corrected chi connectivity index (χ1v) is 12.8. The molecule has 0 radical (unpaired) electrons. The van der Waals surface area contributed by atoms with Crippen LogP contribution in [0.5, 0.6) is 5.75 Å². The minimum absolute atomic E-state index is 0.0266. The van der Waals surface area contributed by atoms with Gasteiger partial charge in [-0.3, -0.25) is 4.90 Å². The van der Waals surface area contributed by atoms with Crippen LogP contribution in [0.3, 0.4) is 0 Å². The van der Waals surface area contributed by atoms with Gasteiger partial charge in [0.05, 0.1) is 0 Å². The highest BCUT2D eigenvalue weighted by Crippen LogP contribution is 2.25. The molecule has 5 rings (SSSR count). The highest BCUT2D eigenvalue weighted by molar-refractivity contribution is 5.55. The summed E-state index contributed by atoms with van der Waals surface area (Å²) in [5, 5.41) is 7.73. The number of hydrogen-bond donors (Lipinski definition) is 2. The van der Waals surface area contributed by atoms with E-state index in [4.69, 9.17) is 15.5 Å². The number of anilines is 3. The van der Waals surface area contributed by atoms with Gasteiger partial charge in [-0.25, -0.2) is 9.97 Å². The van der Waals surface area contributed by atoms with Crippen LogP contribution < -0.4 is 15.8 Å². The van der Waals surface area contributed by atoms with Crippen LogP contribution in [0, 0.1) is 0 Å². The van der Waals surface area contributed by atoms with Gasteiger partial charge >= 0.3 is 0 Å². The van der Waals surface area contributed by atoms with Crippen LogP contribution in [-0.4, -0.2) is 54.9 Å². The maximum absolute atomic E-state index is 6.16. The molecule has 0 unspecified atom stereocenters. The molecule has 35 heavy (non-hydrogen) atoms. The molecule has 0 spiro atoms. The molecule has 2 aromatic heterocycles. The Kier molecular flexibility index (Phi) is 6.86. The number of nitrogens with two attached hydrogens (primary N) is 1. The van der Waals surface area contributed by atoms with Gasteiger partial charge < -0.3 is 15.8 Å². The zero-order chi connectivity index (χ0) is 24.3. The Morgan fingerprint density at radius 3 is 2.49 bits per heavy atom. The van der Waals surface area contributed by atoms with E-state index in [1.807, 2.05) is 30.5 Å². The Labute approximate surface area is 207 Å². The maximum Gasteiger partial charge on any atom is 0.254 e. The van der Waals surface area contributed by atoms with E-state index in [1.165, 1.54) is 42.3 Å². The minimum Gasteiger partial charge on any atom is -0.492 e. The topological polar surface area (TPSA) is 107 Å². The van der Waals surface area contributed by atoms with Crippen molar-refractivity contribution >= 4 is 17.6 Å². The van der Waals surface area contributed by atoms with E-state index >= 15 is 0 Å². The lowest BCUT2D eigenvalue weighted by Gasteiger charge is -2.35. The van der Waals surface area contributed by atoms with E-state index in [9.17, 15) is 0 Å². The van der Waals surface area contributed by atoms with Gasteiger partial charge in [0.25, 0.3) is 5.95 Å². The van der Waals surface area contributed by atoms with Crippen molar-refractivity contribution in [2.75, 3.05) is 30.7 Å². The molecule has 1 saturated heterocycles. The van der Waals surface area contributed by atoms with E-state index < -0.39 is 0 Å². The number of aryl methyl sites for hydroxylation is 2. The van der Waals surface area contributed by atoms with Gasteiger partial charge in [-0.2, -0.15) is 9.67 Å². The third kappa shape index (κ3) is 5.56. The van der Waals surface area contributed by atoms with Crippen molar-refractivity contribution < 1.29 is 4.74 Å². The molecule has 0 saturated carbocycles. The van der Waals surface area contributed by atoms with Gasteiger partial charge in [-0.15, -0.1) is 5.10 Å². The number of likely N-dealkylation sites (tertiary alicyclic amines) is 1. The fourth-order valence-corrected chi connectivity index (χ4v) is 4.88. The number of fused-ring (bicyclic) bond motifs is 1. The number of aromatic nitrogens is 5. The van der Waals surface area contributed by atoms with Crippen LogP contribution in [-0.2, 0) is 12.8 Å². The summed E-state index contributed by atoms with van der Waals surface area (Å²) < 4.78 is 7.59. The standard InChI is InChI=1S/C26H36N8O/c1-26(2,33-15-7-8-16-33)18-35-21-13-11-20(12-14-21)29-24-31-23(27)34(32-24)25-28-17-19-9-5-3-4-6-10-22(19)30-25/h11-14,17H,3-10,15-16,18H2,1-2H3,(H3,27,29,31,32). The predicted octanol–water partition coefficient (Wildman–Crippen LogP) is 4.30. The number of ether oxygens (including phenoxy) is 1. The Morgan fingerprint density at radius 1 is 0.971 bits per heavy atom. The van der Waals surface area contributed by atoms with Crippen molar-refractivity contribution in [3.8, 4) is 11.7 Å². The van der Waals surface area contributed by atoms with Crippen molar-refractivity contribution in [1.29, 1.82) is 0 Å². The van der Waals surface area contributed by atoms with E-state index in [1.54, 1.807) is 0 Å². The average Bonchev–Trinajstić information content (AvgIpc) is 3.50. The highest BCUT2D eigenvalue weighted by atomic mass is 16.5. The Morgan fingerprint density at radius 2 is 1.71 bits per heavy atom. The first-order valence-electron chi connectivity index (χ1n) is 12.8. The Bertz CT molecular complexity index is 1130. The molecule has 1 fully saturated rings. The van der Waals surface area contributed by atoms with Crippen LogP contribution in [0.4, 0.5) is 17.6 Å². The van der Waals surface area contributed by atoms with Crippen molar-refractivity contribution in [2.24, 2.45) is 0 Å². The summed E-state index contributed by atoms with van der Waals surface area (Å²) in [7, 11) is 0. The quantitative estimate of drug-likeness (QED) is 0.520. The second-order valence-electron chi connectivity index (χ2n) is 10.2. The Hall–Kier alpha value is -3.20. The summed E-state index contributed by atoms with van der Waals surface area (Å²) in [6.45, 7) is 7.45. The number of rotatable bonds is 7. The first-order chi connectivity index (χ1) is 17.0. The zero-order valence-electron chi connectivity index (χ0n) is 20.8. The number of nitrogens with zero attached hydrogens (tertiary/aromatic N) is 6. The molecule has 9 heteroatoms. The maximum atomic E-state index is 6.16. The molecule has 1 aromatic carbocycles. The van der Waals surface area contributed by atoms with Gasteiger partial charge in [-0.05, 0) is 95.3 Å². The summed E-state index contributed by atoms with van der Waals surface area (Å²) in [6, 6.07) is 7.83. The zero-order valence-corrected chi connectivity index (χ0v) is 20.8. The summed E-state index contributed by atoms with van der Waals surface area (Å²) in [5.74, 6) is 1.96. The molecular formula is C26H36N8O. The van der Waals surface area contributed by atoms with Crippen molar-refractivity contribution in [1.82, 2.24) is 29.6 Å². The lowest BCUT2D eigenvalue weighted by atomic mass is 9.98. The second kappa shape index (κ2) is 10.2. The van der Waals surface area contributed by atoms with Crippen LogP contribution >= 0.6 is 0 Å². The van der Waals surface area contributed by atoms with Crippen molar-refractivity contribution in [3.63, 3.8) is 0 Å². The minimum atomic E-state index is 0.0266. The average molecular weight is 477 g/mol. The second-order valence-corrected chi connectivity index (χ2v) is 10.2. The molecule has 0 bridgehead atoms. The van der Waals surface area contributed by atoms with E-state index in [2.05, 4.69) is 39.1 Å². The summed E-state index contributed by atoms with van der Waals surface area (Å²) in [6.07, 6.45) is 11.3. The van der Waals surface area contributed by atoms with Gasteiger partial charge in [0, 0.05) is 23.1 Å². The molecule has 1 aliphatic carbocycles. The summed E-state index contributed by atoms with van der Waals surface area (Å²) in [4.78, 5) is 16.2. The molecule has 3 N–H and O–H groups in total. The molecule has 9 nitrogen and oxygen atoms in total. The lowest BCUT2D eigenvalue weighted by Crippen LogP contribution is -2.46. The number of nitrogens with one attached hydrogen (secondary N) is 1. The third-order valence-corrected chi connectivity index (χ3v) is 7.04. The molecule has 3 aromatic rings. The van der Waals surface area contributed by atoms with Gasteiger partial charge in [0.15, 0.2) is 0 Å². The molecule has 0 atom stereocenters. The fraction of sp³-hybridized carbons (Fsp3) is 0.538. The van der Waals surface area contributed by atoms with Crippen molar-refractivity contribution in [2.45, 2.75) is 70.8 Å². The normalized spacial score (nSPS) is 17.0. The molecule has 3 heterocycles. The lowest BCUT2D eigenvalue weighted by molar-refractivity contribution is 0.0894. The van der Waals surface area contributed by atoms with E-state index in [0.29, 0.717) is 18.5 Å². The van der Waals surface area contributed by atoms with Gasteiger partial charge in [-0.1, -0.05) is 12.8 Å².